The van der Waals surface area contributed by atoms with E-state index in [1.54, 1.807) is 32.0 Å². The van der Waals surface area contributed by atoms with Crippen LogP contribution in [-0.2, 0) is 14.2 Å². The first-order chi connectivity index (χ1) is 13.5. The van der Waals surface area contributed by atoms with Crippen molar-refractivity contribution in [3.8, 4) is 0 Å². The monoisotopic (exact) mass is 409 g/mol. The van der Waals surface area contributed by atoms with E-state index < -0.39 is 12.1 Å². The molecule has 1 aromatic carbocycles. The fourth-order valence-electron chi connectivity index (χ4n) is 3.30. The van der Waals surface area contributed by atoms with Crippen molar-refractivity contribution in [3.05, 3.63) is 29.0 Å². The number of fused-ring (bicyclic) bond motifs is 1. The first-order valence-electron chi connectivity index (χ1n) is 9.50. The van der Waals surface area contributed by atoms with Crippen LogP contribution >= 0.6 is 11.6 Å². The number of hydrogen-bond donors (Lipinski definition) is 0. The average molecular weight is 410 g/mol. The number of anilines is 1. The molecule has 0 spiro atoms. The lowest BCUT2D eigenvalue weighted by molar-refractivity contribution is 0.0493. The van der Waals surface area contributed by atoms with Gasteiger partial charge in [-0.05, 0) is 51.3 Å². The van der Waals surface area contributed by atoms with Crippen LogP contribution in [-0.4, -0.2) is 44.5 Å². The standard InChI is InChI=1S/C20H24ClNO6/c1-3-25-19(23)18-17(15-12-13(21)7-8-16(15)28-18)22(20(24)26-4-2)10-9-14-6-5-11-27-14/h7-8,12,14H,3-6,9-11H2,1-2H3. The van der Waals surface area contributed by atoms with Crippen molar-refractivity contribution in [2.45, 2.75) is 39.2 Å². The van der Waals surface area contributed by atoms with E-state index in [4.69, 9.17) is 30.2 Å². The predicted octanol–water partition coefficient (Wildman–Crippen LogP) is 4.79. The minimum Gasteiger partial charge on any atom is -0.460 e. The lowest BCUT2D eigenvalue weighted by Crippen LogP contribution is -2.35. The van der Waals surface area contributed by atoms with Crippen LogP contribution in [0.2, 0.25) is 5.02 Å². The molecule has 1 aliphatic heterocycles. The zero-order valence-corrected chi connectivity index (χ0v) is 16.8. The van der Waals surface area contributed by atoms with Crippen molar-refractivity contribution < 1.29 is 28.2 Å². The lowest BCUT2D eigenvalue weighted by atomic mass is 10.1. The molecule has 0 N–H and O–H groups in total. The Hall–Kier alpha value is -2.25. The Morgan fingerprint density at radius 3 is 2.71 bits per heavy atom. The number of halogens is 1. The minimum absolute atomic E-state index is 0.0421. The van der Waals surface area contributed by atoms with E-state index >= 15 is 0 Å². The molecule has 0 aliphatic carbocycles. The molecule has 152 valence electrons. The van der Waals surface area contributed by atoms with Crippen molar-refractivity contribution in [1.29, 1.82) is 0 Å². The fraction of sp³-hybridized carbons (Fsp3) is 0.500. The van der Waals surface area contributed by atoms with Gasteiger partial charge >= 0.3 is 12.1 Å². The Balaban J connectivity index is 2.04. The Kier molecular flexibility index (Phi) is 6.80. The third-order valence-corrected chi connectivity index (χ3v) is 4.78. The summed E-state index contributed by atoms with van der Waals surface area (Å²) in [7, 11) is 0. The van der Waals surface area contributed by atoms with Crippen molar-refractivity contribution in [3.63, 3.8) is 0 Å². The summed E-state index contributed by atoms with van der Waals surface area (Å²) < 4.78 is 21.8. The number of ether oxygens (including phenoxy) is 3. The summed E-state index contributed by atoms with van der Waals surface area (Å²) in [5.41, 5.74) is 0.751. The van der Waals surface area contributed by atoms with Gasteiger partial charge in [-0.1, -0.05) is 11.6 Å². The highest BCUT2D eigenvalue weighted by molar-refractivity contribution is 6.31. The van der Waals surface area contributed by atoms with Gasteiger partial charge in [0.25, 0.3) is 0 Å². The van der Waals surface area contributed by atoms with Gasteiger partial charge in [0.15, 0.2) is 0 Å². The predicted molar refractivity (Wildman–Crippen MR) is 105 cm³/mol. The molecule has 2 heterocycles. The summed E-state index contributed by atoms with van der Waals surface area (Å²) in [5.74, 6) is -0.684. The number of carbonyl (C=O) groups is 2. The van der Waals surface area contributed by atoms with Crippen LogP contribution in [0.4, 0.5) is 10.5 Å². The van der Waals surface area contributed by atoms with Gasteiger partial charge in [-0.3, -0.25) is 4.90 Å². The van der Waals surface area contributed by atoms with Crippen LogP contribution in [0.5, 0.6) is 0 Å². The zero-order chi connectivity index (χ0) is 20.1. The topological polar surface area (TPSA) is 78.2 Å². The minimum atomic E-state index is -0.642. The molecule has 0 bridgehead atoms. The number of hydrogen-bond acceptors (Lipinski definition) is 6. The van der Waals surface area contributed by atoms with Gasteiger partial charge in [-0.25, -0.2) is 9.59 Å². The third kappa shape index (κ3) is 4.42. The van der Waals surface area contributed by atoms with Crippen LogP contribution in [0.3, 0.4) is 0 Å². The number of nitrogens with zero attached hydrogens (tertiary/aromatic N) is 1. The number of rotatable bonds is 7. The van der Waals surface area contributed by atoms with E-state index in [9.17, 15) is 9.59 Å². The summed E-state index contributed by atoms with van der Waals surface area (Å²) >= 11 is 6.15. The molecule has 1 amide bonds. The van der Waals surface area contributed by atoms with E-state index in [0.29, 0.717) is 34.6 Å². The summed E-state index contributed by atoms with van der Waals surface area (Å²) in [6.45, 7) is 4.87. The summed E-state index contributed by atoms with van der Waals surface area (Å²) in [6.07, 6.45) is 2.08. The molecule has 8 heteroatoms. The Bertz CT molecular complexity index is 843. The Morgan fingerprint density at radius 2 is 2.04 bits per heavy atom. The second-order valence-corrected chi connectivity index (χ2v) is 6.85. The second kappa shape index (κ2) is 9.30. The van der Waals surface area contributed by atoms with Gasteiger partial charge in [0, 0.05) is 23.6 Å². The van der Waals surface area contributed by atoms with Crippen LogP contribution in [0.1, 0.15) is 43.7 Å². The van der Waals surface area contributed by atoms with E-state index in [-0.39, 0.29) is 25.1 Å². The van der Waals surface area contributed by atoms with E-state index in [1.165, 1.54) is 4.90 Å². The maximum atomic E-state index is 12.7. The lowest BCUT2D eigenvalue weighted by Gasteiger charge is -2.23. The highest BCUT2D eigenvalue weighted by atomic mass is 35.5. The number of benzene rings is 1. The molecule has 2 aromatic rings. The molecule has 0 saturated carbocycles. The van der Waals surface area contributed by atoms with E-state index in [2.05, 4.69) is 0 Å². The number of furan rings is 1. The maximum Gasteiger partial charge on any atom is 0.414 e. The van der Waals surface area contributed by atoms with Crippen LogP contribution in [0, 0.1) is 0 Å². The van der Waals surface area contributed by atoms with Crippen LogP contribution in [0.25, 0.3) is 11.0 Å². The largest absolute Gasteiger partial charge is 0.460 e. The molecule has 1 aromatic heterocycles. The van der Waals surface area contributed by atoms with Crippen molar-refractivity contribution in [2.24, 2.45) is 0 Å². The van der Waals surface area contributed by atoms with Gasteiger partial charge < -0.3 is 18.6 Å². The summed E-state index contributed by atoms with van der Waals surface area (Å²) in [6, 6.07) is 4.98. The van der Waals surface area contributed by atoms with E-state index in [1.807, 2.05) is 0 Å². The summed E-state index contributed by atoms with van der Waals surface area (Å²) in [4.78, 5) is 26.7. The van der Waals surface area contributed by atoms with Gasteiger partial charge in [0.05, 0.1) is 19.3 Å². The van der Waals surface area contributed by atoms with Gasteiger partial charge in [0.1, 0.15) is 11.3 Å². The van der Waals surface area contributed by atoms with Gasteiger partial charge in [-0.2, -0.15) is 0 Å². The molecule has 0 radical (unpaired) electrons. The molecule has 1 unspecified atom stereocenters. The number of amides is 1. The molecule has 7 nitrogen and oxygen atoms in total. The highest BCUT2D eigenvalue weighted by Crippen LogP contribution is 2.37. The molecule has 1 fully saturated rings. The first-order valence-corrected chi connectivity index (χ1v) is 9.88. The molecule has 28 heavy (non-hydrogen) atoms. The quantitative estimate of drug-likeness (QED) is 0.611. The maximum absolute atomic E-state index is 12.7. The smallest absolute Gasteiger partial charge is 0.414 e. The van der Waals surface area contributed by atoms with Gasteiger partial charge in [-0.15, -0.1) is 0 Å². The Labute approximate surface area is 168 Å². The number of esters is 1. The summed E-state index contributed by atoms with van der Waals surface area (Å²) in [5, 5.41) is 1.02. The normalized spacial score (nSPS) is 16.3. The third-order valence-electron chi connectivity index (χ3n) is 4.54. The zero-order valence-electron chi connectivity index (χ0n) is 16.0. The first kappa shape index (κ1) is 20.5. The molecular weight excluding hydrogens is 386 g/mol. The van der Waals surface area contributed by atoms with Crippen molar-refractivity contribution in [1.82, 2.24) is 0 Å². The van der Waals surface area contributed by atoms with E-state index in [0.717, 1.165) is 19.4 Å². The second-order valence-electron chi connectivity index (χ2n) is 6.42. The van der Waals surface area contributed by atoms with Crippen molar-refractivity contribution in [2.75, 3.05) is 31.3 Å². The molecule has 1 aliphatic rings. The SMILES string of the molecule is CCOC(=O)c1oc2ccc(Cl)cc2c1N(CCC1CCCO1)C(=O)OCC. The van der Waals surface area contributed by atoms with Crippen LogP contribution in [0.15, 0.2) is 22.6 Å². The molecular formula is C20H24ClNO6. The molecule has 3 rings (SSSR count). The van der Waals surface area contributed by atoms with Gasteiger partial charge in [0.2, 0.25) is 5.76 Å². The molecule has 1 saturated heterocycles. The van der Waals surface area contributed by atoms with Crippen molar-refractivity contribution >= 4 is 40.3 Å². The highest BCUT2D eigenvalue weighted by Gasteiger charge is 2.31. The Morgan fingerprint density at radius 1 is 1.25 bits per heavy atom. The fourth-order valence-corrected chi connectivity index (χ4v) is 3.47. The number of carbonyl (C=O) groups excluding carboxylic acids is 2. The van der Waals surface area contributed by atoms with Crippen LogP contribution < -0.4 is 4.90 Å². The molecule has 1 atom stereocenters. The average Bonchev–Trinajstić information content (AvgIpc) is 3.30.